The van der Waals surface area contributed by atoms with Crippen LogP contribution in [0.2, 0.25) is 0 Å². The van der Waals surface area contributed by atoms with Gasteiger partial charge in [-0.1, -0.05) is 69.0 Å². The number of ether oxygens (including phenoxy) is 1. The molecule has 0 saturated carbocycles. The first kappa shape index (κ1) is 20.5. The summed E-state index contributed by atoms with van der Waals surface area (Å²) in [6.07, 6.45) is 10.8. The normalized spacial score (nSPS) is 12.3. The highest BCUT2D eigenvalue weighted by Gasteiger charge is 2.06. The van der Waals surface area contributed by atoms with Gasteiger partial charge in [0.05, 0.1) is 6.10 Å². The third-order valence-corrected chi connectivity index (χ3v) is 4.98. The van der Waals surface area contributed by atoms with Gasteiger partial charge in [0.1, 0.15) is 0 Å². The summed E-state index contributed by atoms with van der Waals surface area (Å²) in [6, 6.07) is 13.7. The second kappa shape index (κ2) is 11.0. The van der Waals surface area contributed by atoms with Crippen LogP contribution in [0.4, 0.5) is 0 Å². The molecule has 0 amide bonds. The fourth-order valence-corrected chi connectivity index (χ4v) is 3.52. The second-order valence-electron chi connectivity index (χ2n) is 7.49. The number of esters is 1. The maximum Gasteiger partial charge on any atom is 0.302 e. The molecule has 0 fully saturated rings. The molecule has 0 aromatic heterocycles. The Morgan fingerprint density at radius 3 is 2.04 bits per heavy atom. The van der Waals surface area contributed by atoms with E-state index in [4.69, 9.17) is 4.74 Å². The summed E-state index contributed by atoms with van der Waals surface area (Å²) in [5, 5.41) is 2.67. The van der Waals surface area contributed by atoms with E-state index in [1.165, 1.54) is 67.3 Å². The lowest BCUT2D eigenvalue weighted by Gasteiger charge is -2.11. The molecule has 0 N–H and O–H groups in total. The molecule has 0 spiro atoms. The van der Waals surface area contributed by atoms with Gasteiger partial charge in [-0.2, -0.15) is 0 Å². The van der Waals surface area contributed by atoms with Gasteiger partial charge in [-0.15, -0.1) is 0 Å². The van der Waals surface area contributed by atoms with Crippen LogP contribution in [-0.4, -0.2) is 12.1 Å². The standard InChI is InChI=1S/C24H34O2/c1-4-5-6-7-8-11-21-13-15-24-18-22(14-16-23(24)17-21)12-9-10-19(2)26-20(3)25/h13-19H,4-12H2,1-3H3. The minimum atomic E-state index is -0.190. The molecule has 0 heterocycles. The number of benzene rings is 2. The molecule has 0 bridgehead atoms. The van der Waals surface area contributed by atoms with Crippen molar-refractivity contribution in [3.05, 3.63) is 47.5 Å². The first-order valence-electron chi connectivity index (χ1n) is 10.3. The predicted octanol–water partition coefficient (Wildman–Crippen LogP) is 6.63. The van der Waals surface area contributed by atoms with Crippen LogP contribution in [0.1, 0.15) is 76.8 Å². The molecule has 26 heavy (non-hydrogen) atoms. The molecule has 2 aromatic rings. The summed E-state index contributed by atoms with van der Waals surface area (Å²) in [5.74, 6) is -0.190. The van der Waals surface area contributed by atoms with Crippen molar-refractivity contribution < 1.29 is 9.53 Å². The van der Waals surface area contributed by atoms with Gasteiger partial charge in [-0.05, 0) is 60.9 Å². The van der Waals surface area contributed by atoms with E-state index < -0.39 is 0 Å². The first-order valence-corrected chi connectivity index (χ1v) is 10.3. The van der Waals surface area contributed by atoms with Crippen molar-refractivity contribution in [2.45, 2.75) is 84.7 Å². The molecule has 2 nitrogen and oxygen atoms in total. The van der Waals surface area contributed by atoms with Crippen molar-refractivity contribution >= 4 is 16.7 Å². The summed E-state index contributed by atoms with van der Waals surface area (Å²) in [7, 11) is 0. The first-order chi connectivity index (χ1) is 12.6. The van der Waals surface area contributed by atoms with Crippen LogP contribution in [0.15, 0.2) is 36.4 Å². The van der Waals surface area contributed by atoms with Crippen LogP contribution in [0.5, 0.6) is 0 Å². The van der Waals surface area contributed by atoms with Crippen LogP contribution in [0.25, 0.3) is 10.8 Å². The third kappa shape index (κ3) is 7.19. The summed E-state index contributed by atoms with van der Waals surface area (Å²) >= 11 is 0. The second-order valence-corrected chi connectivity index (χ2v) is 7.49. The molecule has 1 unspecified atom stereocenters. The van der Waals surface area contributed by atoms with E-state index in [1.54, 1.807) is 0 Å². The third-order valence-electron chi connectivity index (χ3n) is 4.98. The topological polar surface area (TPSA) is 26.3 Å². The van der Waals surface area contributed by atoms with E-state index in [0.29, 0.717) is 0 Å². The van der Waals surface area contributed by atoms with Crippen LogP contribution < -0.4 is 0 Å². The summed E-state index contributed by atoms with van der Waals surface area (Å²) in [4.78, 5) is 11.0. The van der Waals surface area contributed by atoms with Crippen LogP contribution >= 0.6 is 0 Å². The van der Waals surface area contributed by atoms with E-state index in [-0.39, 0.29) is 12.1 Å². The van der Waals surface area contributed by atoms with E-state index in [2.05, 4.69) is 43.3 Å². The van der Waals surface area contributed by atoms with Gasteiger partial charge in [0.2, 0.25) is 0 Å². The zero-order valence-electron chi connectivity index (χ0n) is 16.7. The molecule has 2 heteroatoms. The molecular weight excluding hydrogens is 320 g/mol. The Labute approximate surface area is 158 Å². The number of carbonyl (C=O) groups excluding carboxylic acids is 1. The van der Waals surface area contributed by atoms with Crippen LogP contribution in [0.3, 0.4) is 0 Å². The van der Waals surface area contributed by atoms with Crippen molar-refractivity contribution in [3.63, 3.8) is 0 Å². The average Bonchev–Trinajstić information content (AvgIpc) is 2.61. The molecule has 0 radical (unpaired) electrons. The number of carbonyl (C=O) groups is 1. The molecule has 0 saturated heterocycles. The molecule has 0 aliphatic heterocycles. The highest BCUT2D eigenvalue weighted by atomic mass is 16.5. The lowest BCUT2D eigenvalue weighted by Crippen LogP contribution is -2.12. The zero-order chi connectivity index (χ0) is 18.8. The Hall–Kier alpha value is -1.83. The van der Waals surface area contributed by atoms with E-state index in [0.717, 1.165) is 19.3 Å². The summed E-state index contributed by atoms with van der Waals surface area (Å²) in [5.41, 5.74) is 2.82. The molecule has 2 aromatic carbocycles. The molecule has 0 aliphatic carbocycles. The number of rotatable bonds is 11. The maximum atomic E-state index is 11.0. The number of aryl methyl sites for hydroxylation is 2. The molecule has 0 aliphatic rings. The molecular formula is C24H34O2. The molecule has 2 rings (SSSR count). The number of fused-ring (bicyclic) bond motifs is 1. The van der Waals surface area contributed by atoms with Crippen LogP contribution in [0, 0.1) is 0 Å². The van der Waals surface area contributed by atoms with Gasteiger partial charge < -0.3 is 4.74 Å². The van der Waals surface area contributed by atoms with Crippen molar-refractivity contribution in [3.8, 4) is 0 Å². The van der Waals surface area contributed by atoms with Crippen molar-refractivity contribution in [2.24, 2.45) is 0 Å². The smallest absolute Gasteiger partial charge is 0.302 e. The predicted molar refractivity (Wildman–Crippen MR) is 111 cm³/mol. The Balaban J connectivity index is 1.84. The quantitative estimate of drug-likeness (QED) is 0.334. The Bertz CT molecular complexity index is 690. The minimum absolute atomic E-state index is 0.00726. The van der Waals surface area contributed by atoms with Gasteiger partial charge in [-0.25, -0.2) is 0 Å². The van der Waals surface area contributed by atoms with E-state index in [1.807, 2.05) is 6.92 Å². The Morgan fingerprint density at radius 2 is 1.46 bits per heavy atom. The van der Waals surface area contributed by atoms with Crippen LogP contribution in [-0.2, 0) is 22.4 Å². The van der Waals surface area contributed by atoms with Crippen molar-refractivity contribution in [2.75, 3.05) is 0 Å². The van der Waals surface area contributed by atoms with E-state index >= 15 is 0 Å². The largest absolute Gasteiger partial charge is 0.463 e. The van der Waals surface area contributed by atoms with Gasteiger partial charge in [0.15, 0.2) is 0 Å². The SMILES string of the molecule is CCCCCCCc1ccc2cc(CCCC(C)OC(C)=O)ccc2c1. The fraction of sp³-hybridized carbons (Fsp3) is 0.542. The van der Waals surface area contributed by atoms with Crippen molar-refractivity contribution in [1.82, 2.24) is 0 Å². The highest BCUT2D eigenvalue weighted by molar-refractivity contribution is 5.83. The highest BCUT2D eigenvalue weighted by Crippen LogP contribution is 2.21. The van der Waals surface area contributed by atoms with Gasteiger partial charge >= 0.3 is 5.97 Å². The lowest BCUT2D eigenvalue weighted by atomic mass is 9.99. The summed E-state index contributed by atoms with van der Waals surface area (Å²) < 4.78 is 5.19. The van der Waals surface area contributed by atoms with Gasteiger partial charge in [0.25, 0.3) is 0 Å². The minimum Gasteiger partial charge on any atom is -0.463 e. The zero-order valence-corrected chi connectivity index (χ0v) is 16.7. The summed E-state index contributed by atoms with van der Waals surface area (Å²) in [6.45, 7) is 5.70. The van der Waals surface area contributed by atoms with E-state index in [9.17, 15) is 4.79 Å². The monoisotopic (exact) mass is 354 g/mol. The molecule has 1 atom stereocenters. The number of unbranched alkanes of at least 4 members (excludes halogenated alkanes) is 4. The average molecular weight is 355 g/mol. The fourth-order valence-electron chi connectivity index (χ4n) is 3.52. The number of hydrogen-bond acceptors (Lipinski definition) is 2. The lowest BCUT2D eigenvalue weighted by molar-refractivity contribution is -0.145. The Morgan fingerprint density at radius 1 is 0.885 bits per heavy atom. The number of hydrogen-bond donors (Lipinski definition) is 0. The molecule has 142 valence electrons. The van der Waals surface area contributed by atoms with Crippen molar-refractivity contribution in [1.29, 1.82) is 0 Å². The Kier molecular flexibility index (Phi) is 8.67. The van der Waals surface area contributed by atoms with Gasteiger partial charge in [-0.3, -0.25) is 4.79 Å². The van der Waals surface area contributed by atoms with Gasteiger partial charge in [0, 0.05) is 6.92 Å². The maximum absolute atomic E-state index is 11.0.